The molecule has 0 bridgehead atoms. The van der Waals surface area contributed by atoms with Crippen LogP contribution in [0.4, 0.5) is 5.69 Å². The molecule has 0 atom stereocenters. The summed E-state index contributed by atoms with van der Waals surface area (Å²) in [6.45, 7) is -0.0121. The number of methoxy groups -OCH3 is 1. The molecule has 5 aromatic rings. The molecular formula is C33H31ClN6O6. The summed E-state index contributed by atoms with van der Waals surface area (Å²) in [4.78, 5) is 47.6. The highest BCUT2D eigenvalue weighted by atomic mass is 35.5. The van der Waals surface area contributed by atoms with Crippen molar-refractivity contribution in [2.45, 2.75) is 13.2 Å². The van der Waals surface area contributed by atoms with Crippen LogP contribution in [0.3, 0.4) is 0 Å². The van der Waals surface area contributed by atoms with Gasteiger partial charge in [0.05, 0.1) is 47.7 Å². The number of rotatable bonds is 11. The number of aromatic hydroxyl groups is 1. The summed E-state index contributed by atoms with van der Waals surface area (Å²) in [6, 6.07) is 20.5. The molecule has 2 aromatic heterocycles. The van der Waals surface area contributed by atoms with Crippen molar-refractivity contribution in [3.8, 4) is 17.5 Å². The molecule has 2 heterocycles. The zero-order valence-electron chi connectivity index (χ0n) is 25.3. The van der Waals surface area contributed by atoms with E-state index >= 15 is 0 Å². The average Bonchev–Trinajstić information content (AvgIpc) is 3.44. The van der Waals surface area contributed by atoms with Crippen molar-refractivity contribution in [1.29, 1.82) is 0 Å². The fourth-order valence-corrected chi connectivity index (χ4v) is 5.09. The van der Waals surface area contributed by atoms with Gasteiger partial charge in [0.1, 0.15) is 23.6 Å². The van der Waals surface area contributed by atoms with Gasteiger partial charge in [0.2, 0.25) is 5.91 Å². The number of carbonyl (C=O) groups excluding carboxylic acids is 3. The first-order valence-electron chi connectivity index (χ1n) is 14.1. The van der Waals surface area contributed by atoms with Crippen LogP contribution in [0.2, 0.25) is 5.02 Å². The molecule has 3 N–H and O–H groups in total. The van der Waals surface area contributed by atoms with Crippen LogP contribution in [0, 0.1) is 0 Å². The number of anilines is 1. The SMILES string of the molecule is CNC(=O)c1ccc(C(=O)NCC(=O)N(C)c2ccc(O)c(COc3cccc4c3nc(OC)n4Cc3ccccn3)c2Cl)cc1. The van der Waals surface area contributed by atoms with Gasteiger partial charge >= 0.3 is 0 Å². The highest BCUT2D eigenvalue weighted by Gasteiger charge is 2.21. The number of para-hydroxylation sites is 1. The topological polar surface area (TPSA) is 148 Å². The van der Waals surface area contributed by atoms with Crippen LogP contribution in [0.1, 0.15) is 32.0 Å². The van der Waals surface area contributed by atoms with E-state index in [2.05, 4.69) is 20.6 Å². The number of carbonyl (C=O) groups is 3. The zero-order chi connectivity index (χ0) is 32.8. The van der Waals surface area contributed by atoms with Crippen molar-refractivity contribution in [3.05, 3.63) is 106 Å². The molecule has 236 valence electrons. The minimum Gasteiger partial charge on any atom is -0.507 e. The monoisotopic (exact) mass is 642 g/mol. The number of nitrogens with one attached hydrogen (secondary N) is 2. The molecule has 0 unspecified atom stereocenters. The molecule has 0 spiro atoms. The average molecular weight is 643 g/mol. The number of fused-ring (bicyclic) bond motifs is 1. The highest BCUT2D eigenvalue weighted by Crippen LogP contribution is 2.36. The number of halogens is 1. The minimum absolute atomic E-state index is 0.109. The molecule has 0 aliphatic carbocycles. The Labute approximate surface area is 269 Å². The molecule has 0 fully saturated rings. The normalized spacial score (nSPS) is 10.8. The Morgan fingerprint density at radius 2 is 1.72 bits per heavy atom. The van der Waals surface area contributed by atoms with E-state index in [-0.39, 0.29) is 35.4 Å². The van der Waals surface area contributed by atoms with Gasteiger partial charge in [-0.2, -0.15) is 4.98 Å². The van der Waals surface area contributed by atoms with E-state index in [1.54, 1.807) is 12.3 Å². The first kappa shape index (κ1) is 31.8. The largest absolute Gasteiger partial charge is 0.507 e. The Balaban J connectivity index is 1.29. The van der Waals surface area contributed by atoms with Gasteiger partial charge in [-0.25, -0.2) is 0 Å². The zero-order valence-corrected chi connectivity index (χ0v) is 26.0. The van der Waals surface area contributed by atoms with Crippen LogP contribution in [-0.4, -0.2) is 65.1 Å². The number of benzene rings is 3. The van der Waals surface area contributed by atoms with Gasteiger partial charge in [-0.15, -0.1) is 0 Å². The third-order valence-electron chi connectivity index (χ3n) is 7.28. The summed E-state index contributed by atoms with van der Waals surface area (Å²) >= 11 is 6.69. The molecule has 13 heteroatoms. The lowest BCUT2D eigenvalue weighted by molar-refractivity contribution is -0.117. The van der Waals surface area contributed by atoms with Gasteiger partial charge in [-0.3, -0.25) is 23.9 Å². The highest BCUT2D eigenvalue weighted by molar-refractivity contribution is 6.34. The maximum Gasteiger partial charge on any atom is 0.297 e. The Bertz CT molecular complexity index is 1900. The van der Waals surface area contributed by atoms with Crippen molar-refractivity contribution in [1.82, 2.24) is 25.2 Å². The predicted molar refractivity (Wildman–Crippen MR) is 173 cm³/mol. The second-order valence-corrected chi connectivity index (χ2v) is 10.5. The van der Waals surface area contributed by atoms with E-state index in [0.29, 0.717) is 40.6 Å². The van der Waals surface area contributed by atoms with Crippen LogP contribution in [0.15, 0.2) is 79.0 Å². The first-order valence-corrected chi connectivity index (χ1v) is 14.5. The molecule has 0 saturated carbocycles. The summed E-state index contributed by atoms with van der Waals surface area (Å²) in [5, 5.41) is 15.8. The van der Waals surface area contributed by atoms with E-state index in [1.165, 1.54) is 62.5 Å². The van der Waals surface area contributed by atoms with E-state index in [4.69, 9.17) is 21.1 Å². The molecule has 46 heavy (non-hydrogen) atoms. The third-order valence-corrected chi connectivity index (χ3v) is 7.70. The number of phenols is 1. The molecule has 3 amide bonds. The quantitative estimate of drug-likeness (QED) is 0.194. The predicted octanol–water partition coefficient (Wildman–Crippen LogP) is 4.18. The van der Waals surface area contributed by atoms with Gasteiger partial charge in [0.25, 0.3) is 17.8 Å². The van der Waals surface area contributed by atoms with Crippen LogP contribution >= 0.6 is 11.6 Å². The molecule has 5 rings (SSSR count). The Morgan fingerprint density at radius 1 is 0.978 bits per heavy atom. The van der Waals surface area contributed by atoms with Crippen molar-refractivity contribution < 1.29 is 29.0 Å². The lowest BCUT2D eigenvalue weighted by atomic mass is 10.1. The number of imidazole rings is 1. The van der Waals surface area contributed by atoms with Crippen molar-refractivity contribution in [3.63, 3.8) is 0 Å². The van der Waals surface area contributed by atoms with Gasteiger partial charge in [0, 0.05) is 31.4 Å². The van der Waals surface area contributed by atoms with Gasteiger partial charge < -0.3 is 30.1 Å². The Kier molecular flexibility index (Phi) is 9.67. The maximum atomic E-state index is 13.0. The minimum atomic E-state index is -0.482. The van der Waals surface area contributed by atoms with Crippen molar-refractivity contribution >= 4 is 46.0 Å². The van der Waals surface area contributed by atoms with Gasteiger partial charge in [0.15, 0.2) is 0 Å². The smallest absolute Gasteiger partial charge is 0.297 e. The molecule has 3 aromatic carbocycles. The van der Waals surface area contributed by atoms with E-state index < -0.39 is 11.8 Å². The van der Waals surface area contributed by atoms with Crippen LogP contribution in [0.25, 0.3) is 11.0 Å². The summed E-state index contributed by atoms with van der Waals surface area (Å²) in [7, 11) is 4.56. The molecular weight excluding hydrogens is 612 g/mol. The Hall–Kier alpha value is -5.62. The molecule has 0 aliphatic heterocycles. The summed E-state index contributed by atoms with van der Waals surface area (Å²) in [5.74, 6) is -0.890. The number of aromatic nitrogens is 3. The Morgan fingerprint density at radius 3 is 2.39 bits per heavy atom. The van der Waals surface area contributed by atoms with Crippen LogP contribution in [-0.2, 0) is 17.9 Å². The molecule has 0 radical (unpaired) electrons. The third kappa shape index (κ3) is 6.71. The van der Waals surface area contributed by atoms with E-state index in [9.17, 15) is 19.5 Å². The fourth-order valence-electron chi connectivity index (χ4n) is 4.75. The number of phenolic OH excluding ortho intramolecular Hbond substituents is 1. The van der Waals surface area contributed by atoms with Gasteiger partial charge in [-0.05, 0) is 60.7 Å². The number of pyridine rings is 1. The number of nitrogens with zero attached hydrogens (tertiary/aromatic N) is 4. The lowest BCUT2D eigenvalue weighted by Gasteiger charge is -2.21. The van der Waals surface area contributed by atoms with E-state index in [1.807, 2.05) is 34.9 Å². The number of amides is 3. The second-order valence-electron chi connectivity index (χ2n) is 10.1. The maximum absolute atomic E-state index is 13.0. The number of ether oxygens (including phenoxy) is 2. The standard InChI is InChI=1S/C33H31ClN6O6/c1-35-31(43)20-10-12-21(13-11-20)32(44)37-17-28(42)39(2)24-14-15-26(41)23(29(24)34)19-46-27-9-6-8-25-30(27)38-33(45-3)40(25)18-22-7-4-5-16-36-22/h4-16,41H,17-19H2,1-3H3,(H,35,43)(H,37,44). The van der Waals surface area contributed by atoms with Crippen LogP contribution in [0.5, 0.6) is 17.5 Å². The summed E-state index contributed by atoms with van der Waals surface area (Å²) < 4.78 is 13.5. The second kappa shape index (κ2) is 14.0. The fraction of sp³-hybridized carbons (Fsp3) is 0.182. The molecule has 12 nitrogen and oxygen atoms in total. The van der Waals surface area contributed by atoms with Crippen molar-refractivity contribution in [2.24, 2.45) is 0 Å². The molecule has 0 aliphatic rings. The number of hydrogen-bond donors (Lipinski definition) is 3. The molecule has 0 saturated heterocycles. The van der Waals surface area contributed by atoms with Gasteiger partial charge in [-0.1, -0.05) is 23.7 Å². The summed E-state index contributed by atoms with van der Waals surface area (Å²) in [6.07, 6.45) is 1.72. The lowest BCUT2D eigenvalue weighted by Crippen LogP contribution is -2.38. The number of likely N-dealkylation sites (N-methyl/N-ethyl adjacent to an activating group) is 1. The van der Waals surface area contributed by atoms with Crippen molar-refractivity contribution in [2.75, 3.05) is 32.6 Å². The first-order chi connectivity index (χ1) is 22.2. The number of hydrogen-bond acceptors (Lipinski definition) is 8. The van der Waals surface area contributed by atoms with Crippen LogP contribution < -0.4 is 25.0 Å². The summed E-state index contributed by atoms with van der Waals surface area (Å²) in [5.41, 5.74) is 3.41. The van der Waals surface area contributed by atoms with E-state index in [0.717, 1.165) is 11.2 Å².